The van der Waals surface area contributed by atoms with Gasteiger partial charge in [-0.05, 0) is 42.5 Å². The van der Waals surface area contributed by atoms with Gasteiger partial charge in [0.2, 0.25) is 11.9 Å². The molecule has 1 N–H and O–H groups in total. The Morgan fingerprint density at radius 1 is 1.15 bits per heavy atom. The lowest BCUT2D eigenvalue weighted by Gasteiger charge is -2.31. The molecule has 0 spiro atoms. The summed E-state index contributed by atoms with van der Waals surface area (Å²) in [6.45, 7) is 2.54. The third-order valence-electron chi connectivity index (χ3n) is 4.85. The minimum absolute atomic E-state index is 0.0241. The number of aromatic nitrogens is 2. The maximum Gasteiger partial charge on any atom is 0.225 e. The molecule has 1 aliphatic heterocycles. The number of amides is 1. The molecule has 7 heteroatoms. The smallest absolute Gasteiger partial charge is 0.225 e. The van der Waals surface area contributed by atoms with Gasteiger partial charge in [0.05, 0.1) is 20.6 Å². The minimum Gasteiger partial charge on any atom is -0.493 e. The lowest BCUT2D eigenvalue weighted by molar-refractivity contribution is -0.120. The summed E-state index contributed by atoms with van der Waals surface area (Å²) in [5, 5.41) is 3.06. The molecule has 2 heterocycles. The Bertz CT molecular complexity index is 746. The van der Waals surface area contributed by atoms with Crippen LogP contribution < -0.4 is 19.7 Å². The molecule has 1 fully saturated rings. The SMILES string of the molecule is COc1ccc(CC(=O)NCC2CCN(c3ncccn3)CC2)cc1OC. The fraction of sp³-hybridized carbons (Fsp3) is 0.450. The molecule has 1 saturated heterocycles. The second-order valence-corrected chi connectivity index (χ2v) is 6.65. The van der Waals surface area contributed by atoms with Gasteiger partial charge in [0.1, 0.15) is 0 Å². The van der Waals surface area contributed by atoms with E-state index in [4.69, 9.17) is 9.47 Å². The molecule has 1 amide bonds. The van der Waals surface area contributed by atoms with Crippen LogP contribution in [0.4, 0.5) is 5.95 Å². The summed E-state index contributed by atoms with van der Waals surface area (Å²) < 4.78 is 10.5. The number of ether oxygens (including phenoxy) is 2. The van der Waals surface area contributed by atoms with Gasteiger partial charge in [-0.3, -0.25) is 4.79 Å². The van der Waals surface area contributed by atoms with Crippen molar-refractivity contribution in [1.82, 2.24) is 15.3 Å². The molecule has 2 aromatic rings. The Balaban J connectivity index is 1.44. The average molecular weight is 370 g/mol. The molecule has 1 aliphatic rings. The number of nitrogens with zero attached hydrogens (tertiary/aromatic N) is 3. The summed E-state index contributed by atoms with van der Waals surface area (Å²) in [6.07, 6.45) is 5.91. The molecule has 0 radical (unpaired) electrons. The monoisotopic (exact) mass is 370 g/mol. The van der Waals surface area contributed by atoms with Crippen molar-refractivity contribution >= 4 is 11.9 Å². The van der Waals surface area contributed by atoms with Gasteiger partial charge < -0.3 is 19.7 Å². The van der Waals surface area contributed by atoms with Crippen molar-refractivity contribution in [3.05, 3.63) is 42.2 Å². The number of piperidine rings is 1. The molecule has 0 aliphatic carbocycles. The Labute approximate surface area is 159 Å². The Kier molecular flexibility index (Phi) is 6.46. The van der Waals surface area contributed by atoms with Gasteiger partial charge in [-0.2, -0.15) is 0 Å². The summed E-state index contributed by atoms with van der Waals surface area (Å²) in [5.74, 6) is 2.60. The van der Waals surface area contributed by atoms with Crippen LogP contribution in [0.15, 0.2) is 36.7 Å². The van der Waals surface area contributed by atoms with E-state index in [1.54, 1.807) is 26.6 Å². The van der Waals surface area contributed by atoms with Crippen LogP contribution in [0.2, 0.25) is 0 Å². The number of benzene rings is 1. The predicted octanol–water partition coefficient (Wildman–Crippen LogP) is 2.07. The van der Waals surface area contributed by atoms with Crippen LogP contribution in [0, 0.1) is 5.92 Å². The van der Waals surface area contributed by atoms with E-state index in [0.29, 0.717) is 30.4 Å². The Hall–Kier alpha value is -2.83. The van der Waals surface area contributed by atoms with Gasteiger partial charge in [-0.25, -0.2) is 9.97 Å². The molecule has 0 bridgehead atoms. The molecule has 7 nitrogen and oxygen atoms in total. The molecular weight excluding hydrogens is 344 g/mol. The van der Waals surface area contributed by atoms with Crippen LogP contribution in [0.5, 0.6) is 11.5 Å². The summed E-state index contributed by atoms with van der Waals surface area (Å²) >= 11 is 0. The highest BCUT2D eigenvalue weighted by atomic mass is 16.5. The van der Waals surface area contributed by atoms with E-state index in [1.165, 1.54) is 0 Å². The van der Waals surface area contributed by atoms with Crippen molar-refractivity contribution < 1.29 is 14.3 Å². The number of rotatable bonds is 7. The molecule has 0 atom stereocenters. The number of carbonyl (C=O) groups excluding carboxylic acids is 1. The fourth-order valence-electron chi connectivity index (χ4n) is 3.29. The highest BCUT2D eigenvalue weighted by Crippen LogP contribution is 2.27. The molecule has 0 saturated carbocycles. The highest BCUT2D eigenvalue weighted by molar-refractivity contribution is 5.78. The van der Waals surface area contributed by atoms with Crippen LogP contribution in [-0.2, 0) is 11.2 Å². The average Bonchev–Trinajstić information content (AvgIpc) is 2.73. The normalized spacial score (nSPS) is 14.7. The summed E-state index contributed by atoms with van der Waals surface area (Å²) in [4.78, 5) is 23.1. The first-order chi connectivity index (χ1) is 13.2. The maximum absolute atomic E-state index is 12.3. The lowest BCUT2D eigenvalue weighted by atomic mass is 9.97. The van der Waals surface area contributed by atoms with E-state index in [0.717, 1.165) is 37.4 Å². The summed E-state index contributed by atoms with van der Waals surface area (Å²) in [7, 11) is 3.19. The largest absolute Gasteiger partial charge is 0.493 e. The summed E-state index contributed by atoms with van der Waals surface area (Å²) in [5.41, 5.74) is 0.904. The minimum atomic E-state index is 0.0241. The van der Waals surface area contributed by atoms with Crippen molar-refractivity contribution in [3.63, 3.8) is 0 Å². The van der Waals surface area contributed by atoms with E-state index in [1.807, 2.05) is 24.3 Å². The zero-order valence-corrected chi connectivity index (χ0v) is 15.9. The van der Waals surface area contributed by atoms with E-state index >= 15 is 0 Å². The zero-order valence-electron chi connectivity index (χ0n) is 15.9. The zero-order chi connectivity index (χ0) is 19.1. The Morgan fingerprint density at radius 2 is 1.85 bits per heavy atom. The highest BCUT2D eigenvalue weighted by Gasteiger charge is 2.21. The van der Waals surface area contributed by atoms with Crippen LogP contribution in [0.3, 0.4) is 0 Å². The molecule has 1 aromatic heterocycles. The number of methoxy groups -OCH3 is 2. The number of anilines is 1. The van der Waals surface area contributed by atoms with Crippen LogP contribution in [0.1, 0.15) is 18.4 Å². The molecule has 144 valence electrons. The molecule has 27 heavy (non-hydrogen) atoms. The molecular formula is C20H26N4O3. The second kappa shape index (κ2) is 9.21. The molecule has 0 unspecified atom stereocenters. The molecule has 1 aromatic carbocycles. The first-order valence-corrected chi connectivity index (χ1v) is 9.19. The van der Waals surface area contributed by atoms with E-state index in [9.17, 15) is 4.79 Å². The lowest BCUT2D eigenvalue weighted by Crippen LogP contribution is -2.39. The number of hydrogen-bond acceptors (Lipinski definition) is 6. The van der Waals surface area contributed by atoms with Crippen LogP contribution in [-0.4, -0.2) is 49.7 Å². The predicted molar refractivity (Wildman–Crippen MR) is 103 cm³/mol. The van der Waals surface area contributed by atoms with Crippen molar-refractivity contribution in [2.45, 2.75) is 19.3 Å². The third kappa shape index (κ3) is 5.09. The van der Waals surface area contributed by atoms with Gasteiger partial charge in [0.25, 0.3) is 0 Å². The van der Waals surface area contributed by atoms with Crippen LogP contribution >= 0.6 is 0 Å². The van der Waals surface area contributed by atoms with Gasteiger partial charge in [-0.1, -0.05) is 6.07 Å². The second-order valence-electron chi connectivity index (χ2n) is 6.65. The first-order valence-electron chi connectivity index (χ1n) is 9.19. The number of nitrogens with one attached hydrogen (secondary N) is 1. The summed E-state index contributed by atoms with van der Waals surface area (Å²) in [6, 6.07) is 7.38. The topological polar surface area (TPSA) is 76.6 Å². The quantitative estimate of drug-likeness (QED) is 0.804. The maximum atomic E-state index is 12.3. The van der Waals surface area contributed by atoms with E-state index in [2.05, 4.69) is 20.2 Å². The third-order valence-corrected chi connectivity index (χ3v) is 4.85. The van der Waals surface area contributed by atoms with Crippen molar-refractivity contribution in [1.29, 1.82) is 0 Å². The van der Waals surface area contributed by atoms with E-state index in [-0.39, 0.29) is 5.91 Å². The first kappa shape index (κ1) is 18.9. The van der Waals surface area contributed by atoms with Crippen molar-refractivity contribution in [2.75, 3.05) is 38.8 Å². The van der Waals surface area contributed by atoms with Gasteiger partial charge in [0.15, 0.2) is 11.5 Å². The fourth-order valence-corrected chi connectivity index (χ4v) is 3.29. The van der Waals surface area contributed by atoms with Crippen LogP contribution in [0.25, 0.3) is 0 Å². The Morgan fingerprint density at radius 3 is 2.52 bits per heavy atom. The van der Waals surface area contributed by atoms with Gasteiger partial charge >= 0.3 is 0 Å². The molecule has 3 rings (SSSR count). The van der Waals surface area contributed by atoms with E-state index < -0.39 is 0 Å². The van der Waals surface area contributed by atoms with Crippen molar-refractivity contribution in [2.24, 2.45) is 5.92 Å². The number of hydrogen-bond donors (Lipinski definition) is 1. The number of carbonyl (C=O) groups is 1. The van der Waals surface area contributed by atoms with Crippen molar-refractivity contribution in [3.8, 4) is 11.5 Å². The standard InChI is InChI=1S/C20H26N4O3/c1-26-17-5-4-16(12-18(17)27-2)13-19(25)23-14-15-6-10-24(11-7-15)20-21-8-3-9-22-20/h3-5,8-9,12,15H,6-7,10-11,13-14H2,1-2H3,(H,23,25). The van der Waals surface area contributed by atoms with Gasteiger partial charge in [-0.15, -0.1) is 0 Å². The van der Waals surface area contributed by atoms with Gasteiger partial charge in [0, 0.05) is 32.0 Å².